The van der Waals surface area contributed by atoms with E-state index in [9.17, 15) is 4.39 Å². The lowest BCUT2D eigenvalue weighted by Crippen LogP contribution is -2.04. The van der Waals surface area contributed by atoms with Crippen molar-refractivity contribution in [2.24, 2.45) is 0 Å². The highest BCUT2D eigenvalue weighted by Crippen LogP contribution is 2.33. The maximum Gasteiger partial charge on any atom is 0.187 e. The third-order valence-corrected chi connectivity index (χ3v) is 2.87. The van der Waals surface area contributed by atoms with Crippen LogP contribution in [0.5, 0.6) is 0 Å². The fourth-order valence-corrected chi connectivity index (χ4v) is 1.91. The van der Waals surface area contributed by atoms with Crippen LogP contribution < -0.4 is 0 Å². The number of halogens is 2. The van der Waals surface area contributed by atoms with Gasteiger partial charge in [-0.25, -0.2) is 4.39 Å². The standard InChI is InChI=1S/C10H10BrFO2/c1-6-2-3-7(11)8(9(6)12)10-13-4-5-14-10/h2-3,10H,4-5H2,1H3. The Labute approximate surface area is 90.1 Å². The van der Waals surface area contributed by atoms with Crippen molar-refractivity contribution in [3.05, 3.63) is 33.5 Å². The number of hydrogen-bond donors (Lipinski definition) is 0. The van der Waals surface area contributed by atoms with Gasteiger partial charge >= 0.3 is 0 Å². The predicted octanol–water partition coefficient (Wildman–Crippen LogP) is 2.94. The molecule has 2 nitrogen and oxygen atoms in total. The largest absolute Gasteiger partial charge is 0.346 e. The van der Waals surface area contributed by atoms with E-state index >= 15 is 0 Å². The summed E-state index contributed by atoms with van der Waals surface area (Å²) >= 11 is 3.29. The van der Waals surface area contributed by atoms with Crippen molar-refractivity contribution in [2.75, 3.05) is 13.2 Å². The lowest BCUT2D eigenvalue weighted by Gasteiger charge is -2.13. The summed E-state index contributed by atoms with van der Waals surface area (Å²) in [5, 5.41) is 0. The monoisotopic (exact) mass is 260 g/mol. The number of aryl methyl sites for hydroxylation is 1. The first-order chi connectivity index (χ1) is 6.70. The summed E-state index contributed by atoms with van der Waals surface area (Å²) in [6.07, 6.45) is -0.565. The first-order valence-electron chi connectivity index (χ1n) is 4.38. The summed E-state index contributed by atoms with van der Waals surface area (Å²) in [5.41, 5.74) is 1.06. The van der Waals surface area contributed by atoms with Gasteiger partial charge in [0.05, 0.1) is 18.8 Å². The lowest BCUT2D eigenvalue weighted by molar-refractivity contribution is -0.0470. The molecule has 1 fully saturated rings. The molecule has 0 bridgehead atoms. The molecule has 0 saturated carbocycles. The number of ether oxygens (including phenoxy) is 2. The molecule has 0 spiro atoms. The Morgan fingerprint density at radius 3 is 2.64 bits per heavy atom. The highest BCUT2D eigenvalue weighted by Gasteiger charge is 2.25. The maximum absolute atomic E-state index is 13.7. The molecule has 0 atom stereocenters. The van der Waals surface area contributed by atoms with E-state index in [1.54, 1.807) is 19.1 Å². The van der Waals surface area contributed by atoms with Gasteiger partial charge in [-0.3, -0.25) is 0 Å². The first-order valence-corrected chi connectivity index (χ1v) is 5.17. The quantitative estimate of drug-likeness (QED) is 0.773. The van der Waals surface area contributed by atoms with Crippen molar-refractivity contribution < 1.29 is 13.9 Å². The number of hydrogen-bond acceptors (Lipinski definition) is 2. The van der Waals surface area contributed by atoms with Crippen LogP contribution in [0.15, 0.2) is 16.6 Å². The van der Waals surface area contributed by atoms with Crippen LogP contribution in [0.25, 0.3) is 0 Å². The normalized spacial score (nSPS) is 17.6. The fraction of sp³-hybridized carbons (Fsp3) is 0.400. The van der Waals surface area contributed by atoms with Crippen LogP contribution in [0.3, 0.4) is 0 Å². The summed E-state index contributed by atoms with van der Waals surface area (Å²) in [6.45, 7) is 2.76. The minimum atomic E-state index is -0.565. The second-order valence-corrected chi connectivity index (χ2v) is 4.02. The second kappa shape index (κ2) is 3.96. The Balaban J connectivity index is 2.44. The Kier molecular flexibility index (Phi) is 2.85. The van der Waals surface area contributed by atoms with Gasteiger partial charge in [-0.2, -0.15) is 0 Å². The molecule has 1 aromatic carbocycles. The van der Waals surface area contributed by atoms with E-state index in [1.165, 1.54) is 0 Å². The molecule has 0 aromatic heterocycles. The average molecular weight is 261 g/mol. The maximum atomic E-state index is 13.7. The topological polar surface area (TPSA) is 18.5 Å². The summed E-state index contributed by atoms with van der Waals surface area (Å²) in [4.78, 5) is 0. The molecule has 1 heterocycles. The molecule has 0 radical (unpaired) electrons. The molecule has 76 valence electrons. The molecule has 1 saturated heterocycles. The van der Waals surface area contributed by atoms with Crippen molar-refractivity contribution in [2.45, 2.75) is 13.2 Å². The molecule has 0 unspecified atom stereocenters. The van der Waals surface area contributed by atoms with Gasteiger partial charge in [0, 0.05) is 4.47 Å². The van der Waals surface area contributed by atoms with Gasteiger partial charge in [-0.1, -0.05) is 22.0 Å². The predicted molar refractivity (Wildman–Crippen MR) is 53.5 cm³/mol. The molecule has 0 amide bonds. The molecular formula is C10H10BrFO2. The van der Waals surface area contributed by atoms with E-state index in [0.29, 0.717) is 28.8 Å². The molecule has 0 N–H and O–H groups in total. The van der Waals surface area contributed by atoms with Gasteiger partial charge in [0.15, 0.2) is 6.29 Å². The fourth-order valence-electron chi connectivity index (χ4n) is 1.42. The third-order valence-electron chi connectivity index (χ3n) is 2.18. The second-order valence-electron chi connectivity index (χ2n) is 3.17. The molecular weight excluding hydrogens is 251 g/mol. The molecule has 4 heteroatoms. The van der Waals surface area contributed by atoms with Crippen molar-refractivity contribution in [1.29, 1.82) is 0 Å². The van der Waals surface area contributed by atoms with E-state index in [-0.39, 0.29) is 5.82 Å². The zero-order chi connectivity index (χ0) is 10.1. The average Bonchev–Trinajstić information content (AvgIpc) is 2.65. The summed E-state index contributed by atoms with van der Waals surface area (Å²) in [6, 6.07) is 3.52. The highest BCUT2D eigenvalue weighted by atomic mass is 79.9. The molecule has 2 rings (SSSR count). The van der Waals surface area contributed by atoms with Crippen molar-refractivity contribution in [1.82, 2.24) is 0 Å². The highest BCUT2D eigenvalue weighted by molar-refractivity contribution is 9.10. The molecule has 0 aliphatic carbocycles. The van der Waals surface area contributed by atoms with Crippen LogP contribution >= 0.6 is 15.9 Å². The molecule has 14 heavy (non-hydrogen) atoms. The van der Waals surface area contributed by atoms with Gasteiger partial charge in [-0.05, 0) is 18.6 Å². The zero-order valence-electron chi connectivity index (χ0n) is 7.72. The zero-order valence-corrected chi connectivity index (χ0v) is 9.30. The number of benzene rings is 1. The minimum Gasteiger partial charge on any atom is -0.346 e. The van der Waals surface area contributed by atoms with Crippen LogP contribution in [0.2, 0.25) is 0 Å². The van der Waals surface area contributed by atoms with Crippen LogP contribution in [-0.4, -0.2) is 13.2 Å². The summed E-state index contributed by atoms with van der Waals surface area (Å²) < 4.78 is 24.9. The van der Waals surface area contributed by atoms with Crippen LogP contribution in [0.1, 0.15) is 17.4 Å². The smallest absolute Gasteiger partial charge is 0.187 e. The third kappa shape index (κ3) is 1.69. The van der Waals surface area contributed by atoms with E-state index in [1.807, 2.05) is 0 Å². The van der Waals surface area contributed by atoms with Crippen LogP contribution in [0, 0.1) is 12.7 Å². The van der Waals surface area contributed by atoms with Crippen LogP contribution in [0.4, 0.5) is 4.39 Å². The van der Waals surface area contributed by atoms with E-state index in [2.05, 4.69) is 15.9 Å². The SMILES string of the molecule is Cc1ccc(Br)c(C2OCCO2)c1F. The summed E-state index contributed by atoms with van der Waals surface area (Å²) in [5.74, 6) is -0.258. The van der Waals surface area contributed by atoms with Gasteiger partial charge in [0.1, 0.15) is 5.82 Å². The Bertz CT molecular complexity index is 348. The summed E-state index contributed by atoms with van der Waals surface area (Å²) in [7, 11) is 0. The number of rotatable bonds is 1. The van der Waals surface area contributed by atoms with Gasteiger partial charge < -0.3 is 9.47 Å². The lowest BCUT2D eigenvalue weighted by atomic mass is 10.1. The Hall–Kier alpha value is -0.450. The van der Waals surface area contributed by atoms with Crippen LogP contribution in [-0.2, 0) is 9.47 Å². The van der Waals surface area contributed by atoms with E-state index in [0.717, 1.165) is 0 Å². The van der Waals surface area contributed by atoms with Crippen molar-refractivity contribution >= 4 is 15.9 Å². The Morgan fingerprint density at radius 1 is 1.36 bits per heavy atom. The van der Waals surface area contributed by atoms with E-state index < -0.39 is 6.29 Å². The van der Waals surface area contributed by atoms with Gasteiger partial charge in [0.2, 0.25) is 0 Å². The van der Waals surface area contributed by atoms with Crippen molar-refractivity contribution in [3.63, 3.8) is 0 Å². The minimum absolute atomic E-state index is 0.258. The first kappa shape index (κ1) is 10.1. The molecule has 1 aliphatic heterocycles. The Morgan fingerprint density at radius 2 is 2.00 bits per heavy atom. The molecule has 1 aromatic rings. The van der Waals surface area contributed by atoms with Gasteiger partial charge in [0.25, 0.3) is 0 Å². The van der Waals surface area contributed by atoms with Crippen molar-refractivity contribution in [3.8, 4) is 0 Å². The van der Waals surface area contributed by atoms with Gasteiger partial charge in [-0.15, -0.1) is 0 Å². The van der Waals surface area contributed by atoms with E-state index in [4.69, 9.17) is 9.47 Å². The molecule has 1 aliphatic rings.